The fourth-order valence-corrected chi connectivity index (χ4v) is 4.06. The average Bonchev–Trinajstić information content (AvgIpc) is 3.14. The van der Waals surface area contributed by atoms with E-state index in [9.17, 15) is 4.79 Å². The summed E-state index contributed by atoms with van der Waals surface area (Å²) in [6.45, 7) is 3.56. The van der Waals surface area contributed by atoms with E-state index in [1.165, 1.54) is 11.1 Å². The molecule has 2 aromatic heterocycles. The third-order valence-electron chi connectivity index (χ3n) is 5.45. The number of hydrogen-bond donors (Lipinski definition) is 0. The van der Waals surface area contributed by atoms with Gasteiger partial charge in [-0.25, -0.2) is 0 Å². The number of hydrogen-bond acceptors (Lipinski definition) is 3. The topological polar surface area (TPSA) is 51.0 Å². The van der Waals surface area contributed by atoms with Crippen molar-refractivity contribution in [3.63, 3.8) is 0 Å². The second-order valence-electron chi connectivity index (χ2n) is 7.63. The molecule has 1 atom stereocenters. The molecular weight excluding hydrogens is 348 g/mol. The molecule has 1 saturated heterocycles. The zero-order valence-electron chi connectivity index (χ0n) is 16.5. The molecule has 0 bridgehead atoms. The van der Waals surface area contributed by atoms with Crippen LogP contribution >= 0.6 is 0 Å². The van der Waals surface area contributed by atoms with Crippen LogP contribution in [0.3, 0.4) is 0 Å². The van der Waals surface area contributed by atoms with Gasteiger partial charge in [0.1, 0.15) is 5.69 Å². The molecule has 0 unspecified atom stereocenters. The summed E-state index contributed by atoms with van der Waals surface area (Å²) in [4.78, 5) is 19.6. The third-order valence-corrected chi connectivity index (χ3v) is 5.45. The van der Waals surface area contributed by atoms with Crippen LogP contribution in [-0.2, 0) is 13.5 Å². The van der Waals surface area contributed by atoms with E-state index in [1.54, 1.807) is 16.9 Å². The minimum atomic E-state index is 0.0573. The van der Waals surface area contributed by atoms with Gasteiger partial charge in [0, 0.05) is 43.6 Å². The Morgan fingerprint density at radius 3 is 2.71 bits per heavy atom. The number of carbonyl (C=O) groups is 1. The van der Waals surface area contributed by atoms with Gasteiger partial charge in [0.05, 0.1) is 0 Å². The molecule has 0 aliphatic carbocycles. The maximum atomic E-state index is 12.9. The number of likely N-dealkylation sites (tertiary alicyclic amines) is 1. The van der Waals surface area contributed by atoms with Gasteiger partial charge in [-0.3, -0.25) is 14.5 Å². The van der Waals surface area contributed by atoms with Crippen molar-refractivity contribution in [2.24, 2.45) is 7.05 Å². The summed E-state index contributed by atoms with van der Waals surface area (Å²) >= 11 is 0. The number of rotatable bonds is 4. The summed E-state index contributed by atoms with van der Waals surface area (Å²) in [6.07, 6.45) is 4.64. The van der Waals surface area contributed by atoms with E-state index in [-0.39, 0.29) is 11.8 Å². The first-order chi connectivity index (χ1) is 13.6. The Labute approximate surface area is 166 Å². The van der Waals surface area contributed by atoms with Crippen LogP contribution in [0.5, 0.6) is 0 Å². The van der Waals surface area contributed by atoms with E-state index in [4.69, 9.17) is 4.98 Å². The highest BCUT2D eigenvalue weighted by Gasteiger charge is 2.27. The van der Waals surface area contributed by atoms with Gasteiger partial charge in [0.15, 0.2) is 0 Å². The van der Waals surface area contributed by atoms with Crippen molar-refractivity contribution < 1.29 is 4.79 Å². The molecule has 3 heterocycles. The van der Waals surface area contributed by atoms with Gasteiger partial charge in [-0.15, -0.1) is 0 Å². The third kappa shape index (κ3) is 3.98. The predicted octanol–water partition coefficient (Wildman–Crippen LogP) is 3.73. The highest BCUT2D eigenvalue weighted by Crippen LogP contribution is 2.28. The maximum Gasteiger partial charge on any atom is 0.272 e. The van der Waals surface area contributed by atoms with Crippen LogP contribution in [0.25, 0.3) is 0 Å². The molecule has 1 amide bonds. The normalized spacial score (nSPS) is 16.9. The number of piperidine rings is 1. The summed E-state index contributed by atoms with van der Waals surface area (Å²) in [7, 11) is 1.81. The van der Waals surface area contributed by atoms with Gasteiger partial charge in [-0.05, 0) is 55.5 Å². The lowest BCUT2D eigenvalue weighted by molar-refractivity contribution is 0.0694. The molecule has 5 heteroatoms. The summed E-state index contributed by atoms with van der Waals surface area (Å²) in [6, 6.07) is 16.7. The van der Waals surface area contributed by atoms with Gasteiger partial charge < -0.3 is 4.90 Å². The van der Waals surface area contributed by atoms with Crippen LogP contribution in [-0.4, -0.2) is 38.7 Å². The number of pyridine rings is 1. The fraction of sp³-hybridized carbons (Fsp3) is 0.348. The molecule has 144 valence electrons. The standard InChI is InChI=1S/C23H26N4O/c1-17-13-19(14-18-7-4-3-5-8-18)15-21(25-17)20-9-6-12-27(16-20)23(28)22-10-11-24-26(22)2/h3-5,7-8,10-11,13,15,20H,6,9,12,14,16H2,1-2H3/t20-/m1/s1. The van der Waals surface area contributed by atoms with E-state index < -0.39 is 0 Å². The first kappa shape index (κ1) is 18.4. The first-order valence-corrected chi connectivity index (χ1v) is 9.89. The maximum absolute atomic E-state index is 12.9. The lowest BCUT2D eigenvalue weighted by atomic mass is 9.92. The molecule has 1 fully saturated rings. The molecule has 1 aliphatic rings. The number of aromatic nitrogens is 3. The molecule has 1 aromatic carbocycles. The van der Waals surface area contributed by atoms with Crippen LogP contribution in [0.1, 0.15) is 51.8 Å². The molecule has 0 N–H and O–H groups in total. The summed E-state index contributed by atoms with van der Waals surface area (Å²) in [5, 5.41) is 4.13. The number of carbonyl (C=O) groups excluding carboxylic acids is 1. The SMILES string of the molecule is Cc1cc(Cc2ccccc2)cc([C@@H]2CCCN(C(=O)c3ccnn3C)C2)n1. The van der Waals surface area contributed by atoms with Crippen molar-refractivity contribution in [3.05, 3.63) is 82.9 Å². The summed E-state index contributed by atoms with van der Waals surface area (Å²) < 4.78 is 1.65. The Morgan fingerprint density at radius 1 is 1.14 bits per heavy atom. The fourth-order valence-electron chi connectivity index (χ4n) is 4.06. The predicted molar refractivity (Wildman–Crippen MR) is 109 cm³/mol. The van der Waals surface area contributed by atoms with Crippen molar-refractivity contribution in [1.82, 2.24) is 19.7 Å². The van der Waals surface area contributed by atoms with Crippen molar-refractivity contribution in [1.29, 1.82) is 0 Å². The molecule has 4 rings (SSSR count). The molecular formula is C23H26N4O. The van der Waals surface area contributed by atoms with Crippen molar-refractivity contribution in [3.8, 4) is 0 Å². The van der Waals surface area contributed by atoms with Crippen LogP contribution in [0.4, 0.5) is 0 Å². The smallest absolute Gasteiger partial charge is 0.272 e. The first-order valence-electron chi connectivity index (χ1n) is 9.89. The summed E-state index contributed by atoms with van der Waals surface area (Å²) in [5.74, 6) is 0.335. The van der Waals surface area contributed by atoms with E-state index in [1.807, 2.05) is 18.0 Å². The number of nitrogens with zero attached hydrogens (tertiary/aromatic N) is 4. The van der Waals surface area contributed by atoms with Crippen molar-refractivity contribution >= 4 is 5.91 Å². The molecule has 3 aromatic rings. The number of amides is 1. The van der Waals surface area contributed by atoms with E-state index in [2.05, 4.69) is 48.4 Å². The quantitative estimate of drug-likeness (QED) is 0.699. The van der Waals surface area contributed by atoms with E-state index in [0.29, 0.717) is 12.2 Å². The van der Waals surface area contributed by atoms with E-state index >= 15 is 0 Å². The van der Waals surface area contributed by atoms with E-state index in [0.717, 1.165) is 37.2 Å². The highest BCUT2D eigenvalue weighted by molar-refractivity contribution is 5.92. The Hall–Kier alpha value is -2.95. The Bertz CT molecular complexity index is 964. The average molecular weight is 374 g/mol. The Balaban J connectivity index is 1.53. The molecule has 1 aliphatic heterocycles. The Kier molecular flexibility index (Phi) is 5.24. The monoisotopic (exact) mass is 374 g/mol. The van der Waals surface area contributed by atoms with Crippen molar-refractivity contribution in [2.75, 3.05) is 13.1 Å². The lowest BCUT2D eigenvalue weighted by Gasteiger charge is -2.32. The second kappa shape index (κ2) is 7.97. The van der Waals surface area contributed by atoms with Gasteiger partial charge in [-0.2, -0.15) is 5.10 Å². The van der Waals surface area contributed by atoms with Crippen LogP contribution in [0.15, 0.2) is 54.7 Å². The minimum absolute atomic E-state index is 0.0573. The van der Waals surface area contributed by atoms with Crippen LogP contribution in [0, 0.1) is 6.92 Å². The largest absolute Gasteiger partial charge is 0.337 e. The van der Waals surface area contributed by atoms with Crippen LogP contribution in [0.2, 0.25) is 0 Å². The lowest BCUT2D eigenvalue weighted by Crippen LogP contribution is -2.40. The van der Waals surface area contributed by atoms with Gasteiger partial charge in [-0.1, -0.05) is 30.3 Å². The van der Waals surface area contributed by atoms with Gasteiger partial charge in [0.25, 0.3) is 5.91 Å². The zero-order valence-corrected chi connectivity index (χ0v) is 16.5. The van der Waals surface area contributed by atoms with Gasteiger partial charge in [0.2, 0.25) is 0 Å². The molecule has 0 radical (unpaired) electrons. The van der Waals surface area contributed by atoms with Crippen molar-refractivity contribution in [2.45, 2.75) is 32.1 Å². The zero-order chi connectivity index (χ0) is 19.5. The highest BCUT2D eigenvalue weighted by atomic mass is 16.2. The molecule has 0 spiro atoms. The molecule has 28 heavy (non-hydrogen) atoms. The molecule has 5 nitrogen and oxygen atoms in total. The minimum Gasteiger partial charge on any atom is -0.337 e. The Morgan fingerprint density at radius 2 is 1.96 bits per heavy atom. The second-order valence-corrected chi connectivity index (χ2v) is 7.63. The summed E-state index contributed by atoms with van der Waals surface area (Å²) in [5.41, 5.74) is 5.37. The number of aryl methyl sites for hydroxylation is 2. The van der Waals surface area contributed by atoms with Crippen LogP contribution < -0.4 is 0 Å². The van der Waals surface area contributed by atoms with Gasteiger partial charge >= 0.3 is 0 Å². The molecule has 0 saturated carbocycles. The number of benzene rings is 1.